The molecule has 0 aliphatic carbocycles. The Bertz CT molecular complexity index is 786. The summed E-state index contributed by atoms with van der Waals surface area (Å²) in [6.45, 7) is 0. The van der Waals surface area contributed by atoms with Gasteiger partial charge in [-0.1, -0.05) is 11.6 Å². The van der Waals surface area contributed by atoms with E-state index in [0.717, 1.165) is 6.07 Å². The molecule has 0 radical (unpaired) electrons. The van der Waals surface area contributed by atoms with Gasteiger partial charge >= 0.3 is 0 Å². The lowest BCUT2D eigenvalue weighted by atomic mass is 10.3. The quantitative estimate of drug-likeness (QED) is 0.861. The highest BCUT2D eigenvalue weighted by Crippen LogP contribution is 2.27. The van der Waals surface area contributed by atoms with Gasteiger partial charge in [0.2, 0.25) is 5.88 Å². The fourth-order valence-electron chi connectivity index (χ4n) is 1.52. The number of benzene rings is 1. The number of halogens is 3. The predicted molar refractivity (Wildman–Crippen MR) is 80.7 cm³/mol. The molecule has 9 heteroatoms. The predicted octanol–water partition coefficient (Wildman–Crippen LogP) is 3.45. The second-order valence-corrected chi connectivity index (χ2v) is 6.84. The topological polar surface area (TPSA) is 68.3 Å². The van der Waals surface area contributed by atoms with E-state index < -0.39 is 15.8 Å². The lowest BCUT2D eigenvalue weighted by Crippen LogP contribution is -2.14. The molecule has 0 atom stereocenters. The lowest BCUT2D eigenvalue weighted by molar-refractivity contribution is 0.385. The third-order valence-electron chi connectivity index (χ3n) is 2.44. The second-order valence-electron chi connectivity index (χ2n) is 3.90. The Balaban J connectivity index is 2.42. The zero-order chi connectivity index (χ0) is 15.6. The molecule has 0 bridgehead atoms. The van der Waals surface area contributed by atoms with Crippen LogP contribution in [0.15, 0.2) is 39.8 Å². The highest BCUT2D eigenvalue weighted by molar-refractivity contribution is 9.10. The highest BCUT2D eigenvalue weighted by Gasteiger charge is 2.21. The van der Waals surface area contributed by atoms with Gasteiger partial charge in [0, 0.05) is 6.20 Å². The number of sulfonamides is 1. The molecule has 0 aliphatic heterocycles. The molecule has 1 aromatic carbocycles. The van der Waals surface area contributed by atoms with Gasteiger partial charge in [-0.2, -0.15) is 0 Å². The van der Waals surface area contributed by atoms with Crippen molar-refractivity contribution >= 4 is 43.2 Å². The maximum atomic E-state index is 13.2. The minimum atomic E-state index is -3.97. The molecule has 1 aromatic heterocycles. The number of ether oxygens (including phenoxy) is 1. The average Bonchev–Trinajstić information content (AvgIpc) is 2.42. The fourth-order valence-corrected chi connectivity index (χ4v) is 3.32. The van der Waals surface area contributed by atoms with E-state index in [2.05, 4.69) is 25.6 Å². The van der Waals surface area contributed by atoms with Crippen molar-refractivity contribution in [1.29, 1.82) is 0 Å². The van der Waals surface area contributed by atoms with Crippen LogP contribution in [-0.4, -0.2) is 20.5 Å². The summed E-state index contributed by atoms with van der Waals surface area (Å²) in [6.07, 6.45) is 1.27. The molecule has 0 fully saturated rings. The van der Waals surface area contributed by atoms with Crippen molar-refractivity contribution in [3.8, 4) is 5.88 Å². The molecule has 2 rings (SSSR count). The first-order valence-corrected chi connectivity index (χ1v) is 8.16. The summed E-state index contributed by atoms with van der Waals surface area (Å²) in [5.41, 5.74) is 0.185. The van der Waals surface area contributed by atoms with Crippen LogP contribution in [0.2, 0.25) is 5.02 Å². The first kappa shape index (κ1) is 16.0. The molecule has 1 heterocycles. The summed E-state index contributed by atoms with van der Waals surface area (Å²) in [4.78, 5) is 3.58. The van der Waals surface area contributed by atoms with Crippen molar-refractivity contribution in [3.63, 3.8) is 0 Å². The van der Waals surface area contributed by atoms with E-state index in [0.29, 0.717) is 0 Å². The molecular formula is C12H9BrClFN2O3S. The van der Waals surface area contributed by atoms with Crippen LogP contribution >= 0.6 is 27.5 Å². The molecule has 112 valence electrons. The Labute approximate surface area is 134 Å². The van der Waals surface area contributed by atoms with Crippen molar-refractivity contribution in [2.75, 3.05) is 11.8 Å². The number of nitrogens with one attached hydrogen (secondary N) is 1. The van der Waals surface area contributed by atoms with Crippen molar-refractivity contribution in [1.82, 2.24) is 4.98 Å². The van der Waals surface area contributed by atoms with E-state index in [9.17, 15) is 12.8 Å². The maximum Gasteiger partial charge on any atom is 0.267 e. The van der Waals surface area contributed by atoms with Crippen molar-refractivity contribution in [2.24, 2.45) is 0 Å². The van der Waals surface area contributed by atoms with Gasteiger partial charge in [-0.05, 0) is 40.2 Å². The summed E-state index contributed by atoms with van der Waals surface area (Å²) in [5, 5.41) is 0.150. The molecule has 0 saturated heterocycles. The van der Waals surface area contributed by atoms with Gasteiger partial charge in [-0.3, -0.25) is 4.72 Å². The molecule has 2 aromatic rings. The molecule has 0 saturated carbocycles. The number of aromatic nitrogens is 1. The number of nitrogens with zero attached hydrogens (tertiary/aromatic N) is 1. The Hall–Kier alpha value is -1.38. The average molecular weight is 396 g/mol. The van der Waals surface area contributed by atoms with E-state index in [1.54, 1.807) is 0 Å². The van der Waals surface area contributed by atoms with E-state index in [1.807, 2.05) is 0 Å². The number of pyridine rings is 1. The van der Waals surface area contributed by atoms with Crippen molar-refractivity contribution < 1.29 is 17.5 Å². The van der Waals surface area contributed by atoms with Crippen LogP contribution < -0.4 is 9.46 Å². The number of methoxy groups -OCH3 is 1. The van der Waals surface area contributed by atoms with Gasteiger partial charge in [-0.25, -0.2) is 17.8 Å². The van der Waals surface area contributed by atoms with Gasteiger partial charge in [0.25, 0.3) is 10.0 Å². The number of hydrogen-bond donors (Lipinski definition) is 1. The third kappa shape index (κ3) is 3.63. The Kier molecular flexibility index (Phi) is 4.70. The summed E-state index contributed by atoms with van der Waals surface area (Å²) >= 11 is 8.74. The molecule has 0 aliphatic rings. The lowest BCUT2D eigenvalue weighted by Gasteiger charge is -2.11. The van der Waals surface area contributed by atoms with Crippen LogP contribution in [0.4, 0.5) is 10.1 Å². The maximum absolute atomic E-state index is 13.2. The van der Waals surface area contributed by atoms with Crippen LogP contribution in [0.25, 0.3) is 0 Å². The van der Waals surface area contributed by atoms with Crippen LogP contribution in [-0.2, 0) is 10.0 Å². The largest absolute Gasteiger partial charge is 0.480 e. The highest BCUT2D eigenvalue weighted by atomic mass is 79.9. The molecule has 0 unspecified atom stereocenters. The molecular weight excluding hydrogens is 387 g/mol. The summed E-state index contributed by atoms with van der Waals surface area (Å²) in [7, 11) is -2.68. The SMILES string of the molecule is COc1ncc(Cl)cc1S(=O)(=O)Nc1ccc(F)c(Br)c1. The van der Waals surface area contributed by atoms with Gasteiger partial charge < -0.3 is 4.74 Å². The Morgan fingerprint density at radius 1 is 1.38 bits per heavy atom. The molecule has 1 N–H and O–H groups in total. The first-order valence-electron chi connectivity index (χ1n) is 5.51. The Morgan fingerprint density at radius 3 is 2.71 bits per heavy atom. The minimum absolute atomic E-state index is 0.0897. The fraction of sp³-hybridized carbons (Fsp3) is 0.0833. The van der Waals surface area contributed by atoms with Crippen molar-refractivity contribution in [2.45, 2.75) is 4.90 Å². The molecule has 0 amide bonds. The monoisotopic (exact) mass is 394 g/mol. The number of hydrogen-bond acceptors (Lipinski definition) is 4. The second kappa shape index (κ2) is 6.17. The van der Waals surface area contributed by atoms with Crippen molar-refractivity contribution in [3.05, 3.63) is 45.8 Å². The summed E-state index contributed by atoms with van der Waals surface area (Å²) < 4.78 is 45.2. The van der Waals surface area contributed by atoms with E-state index >= 15 is 0 Å². The number of rotatable bonds is 4. The third-order valence-corrected chi connectivity index (χ3v) is 4.63. The van der Waals surface area contributed by atoms with Crippen LogP contribution in [0.5, 0.6) is 5.88 Å². The van der Waals surface area contributed by atoms with Crippen LogP contribution in [0.1, 0.15) is 0 Å². The summed E-state index contributed by atoms with van der Waals surface area (Å²) in [6, 6.07) is 4.95. The summed E-state index contributed by atoms with van der Waals surface area (Å²) in [5.74, 6) is -0.590. The molecule has 5 nitrogen and oxygen atoms in total. The van der Waals surface area contributed by atoms with E-state index in [-0.39, 0.29) is 26.0 Å². The minimum Gasteiger partial charge on any atom is -0.480 e. The zero-order valence-corrected chi connectivity index (χ0v) is 13.8. The van der Waals surface area contributed by atoms with Gasteiger partial charge in [-0.15, -0.1) is 0 Å². The molecule has 0 spiro atoms. The normalized spacial score (nSPS) is 11.2. The number of anilines is 1. The zero-order valence-electron chi connectivity index (χ0n) is 10.6. The molecule has 21 heavy (non-hydrogen) atoms. The standard InChI is InChI=1S/C12H9BrClFN2O3S/c1-20-12-11(4-7(14)6-16-12)21(18,19)17-8-2-3-10(15)9(13)5-8/h2-6,17H,1H3. The first-order chi connectivity index (χ1) is 9.83. The van der Waals surface area contributed by atoms with E-state index in [4.69, 9.17) is 16.3 Å². The van der Waals surface area contributed by atoms with Gasteiger partial charge in [0.1, 0.15) is 5.82 Å². The van der Waals surface area contributed by atoms with Crippen LogP contribution in [0.3, 0.4) is 0 Å². The van der Waals surface area contributed by atoms with Crippen LogP contribution in [0, 0.1) is 5.82 Å². The van der Waals surface area contributed by atoms with Gasteiger partial charge in [0.05, 0.1) is 22.3 Å². The van der Waals surface area contributed by atoms with Gasteiger partial charge in [0.15, 0.2) is 4.90 Å². The van der Waals surface area contributed by atoms with E-state index in [1.165, 1.54) is 31.5 Å². The smallest absolute Gasteiger partial charge is 0.267 e. The Morgan fingerprint density at radius 2 is 2.10 bits per heavy atom.